The molecule has 10 nitrogen and oxygen atoms in total. The second-order valence-corrected chi connectivity index (χ2v) is 18.8. The first-order valence-electron chi connectivity index (χ1n) is 21.1. The number of hydrogen-bond donors (Lipinski definition) is 0. The van der Waals surface area contributed by atoms with Crippen LogP contribution in [0.25, 0.3) is 4.85 Å². The molecular weight excluding hydrogens is 749 g/mol. The molecule has 4 fully saturated rings. The molecule has 1 aliphatic heterocycles. The number of nitrogens with zero attached hydrogens (tertiary/aromatic N) is 2. The number of esters is 4. The average Bonchev–Trinajstić information content (AvgIpc) is 3.66. The van der Waals surface area contributed by atoms with E-state index in [1.54, 1.807) is 12.1 Å². The standard InChI is InChI=1S/C44H56N2O8S2/c1-4-6-27-8-12-29(13-9-27)40(47)51-33-20-16-31(17-21-33)42(49)53-36-24-25-37(39-38(36)55-44(56-39)35(26-45)46-3)54-43(50)32-18-22-34(23-19-32)52-41(48)30-14-10-28(7-5-2)11-15-30/h24-25,27-34H,4-23H2,1-2H3. The number of carbonyl (C=O) groups excluding carboxylic acids is 4. The summed E-state index contributed by atoms with van der Waals surface area (Å²) in [7, 11) is 0. The maximum Gasteiger partial charge on any atom is 0.314 e. The lowest BCUT2D eigenvalue weighted by Crippen LogP contribution is -2.33. The van der Waals surface area contributed by atoms with Crippen molar-refractivity contribution >= 4 is 47.4 Å². The zero-order valence-electron chi connectivity index (χ0n) is 32.9. The van der Waals surface area contributed by atoms with Crippen LogP contribution in [0.3, 0.4) is 0 Å². The molecule has 0 bridgehead atoms. The van der Waals surface area contributed by atoms with Crippen LogP contribution < -0.4 is 9.47 Å². The van der Waals surface area contributed by atoms with E-state index in [1.807, 2.05) is 6.07 Å². The molecule has 4 saturated carbocycles. The Hall–Kier alpha value is -3.48. The monoisotopic (exact) mass is 804 g/mol. The fourth-order valence-corrected chi connectivity index (χ4v) is 11.7. The van der Waals surface area contributed by atoms with Crippen LogP contribution in [0.5, 0.6) is 11.5 Å². The molecule has 0 aromatic heterocycles. The van der Waals surface area contributed by atoms with Crippen molar-refractivity contribution in [3.05, 3.63) is 33.5 Å². The molecule has 302 valence electrons. The first-order chi connectivity index (χ1) is 27.2. The molecule has 0 atom stereocenters. The second-order valence-electron chi connectivity index (χ2n) is 16.5. The SMILES string of the molecule is [C-]#[N+]C(C#N)=C1Sc2c(OC(=O)C3CCC(OC(=O)C4CCC(CCC)CC4)CC3)ccc(OC(=O)C3CCC(OC(=O)C4CCC(CCC)CC4)CC3)c2S1. The van der Waals surface area contributed by atoms with Crippen molar-refractivity contribution in [3.63, 3.8) is 0 Å². The van der Waals surface area contributed by atoms with E-state index < -0.39 is 0 Å². The summed E-state index contributed by atoms with van der Waals surface area (Å²) >= 11 is 2.32. The normalized spacial score (nSPS) is 28.8. The van der Waals surface area contributed by atoms with Crippen molar-refractivity contribution in [1.82, 2.24) is 0 Å². The minimum absolute atomic E-state index is 0.0232. The van der Waals surface area contributed by atoms with Gasteiger partial charge < -0.3 is 18.9 Å². The zero-order valence-corrected chi connectivity index (χ0v) is 34.5. The number of thioether (sulfide) groups is 2. The Bertz CT molecular complexity index is 1580. The molecule has 1 aromatic rings. The molecule has 0 amide bonds. The highest BCUT2D eigenvalue weighted by molar-refractivity contribution is 8.24. The van der Waals surface area contributed by atoms with E-state index >= 15 is 0 Å². The Morgan fingerprint density at radius 1 is 0.625 bits per heavy atom. The van der Waals surface area contributed by atoms with Crippen molar-refractivity contribution in [2.45, 2.75) is 164 Å². The van der Waals surface area contributed by atoms with Gasteiger partial charge in [-0.1, -0.05) is 63.1 Å². The van der Waals surface area contributed by atoms with Crippen molar-refractivity contribution in [2.24, 2.45) is 35.5 Å². The summed E-state index contributed by atoms with van der Waals surface area (Å²) < 4.78 is 24.2. The van der Waals surface area contributed by atoms with Crippen molar-refractivity contribution < 1.29 is 38.1 Å². The van der Waals surface area contributed by atoms with Crippen LogP contribution in [0, 0.1) is 53.4 Å². The van der Waals surface area contributed by atoms with E-state index in [0.717, 1.165) is 86.7 Å². The minimum Gasteiger partial charge on any atom is -0.462 e. The molecule has 4 aliphatic carbocycles. The van der Waals surface area contributed by atoms with Crippen molar-refractivity contribution in [3.8, 4) is 17.6 Å². The van der Waals surface area contributed by atoms with Gasteiger partial charge in [-0.25, -0.2) is 10.1 Å². The number of nitriles is 1. The van der Waals surface area contributed by atoms with E-state index in [0.29, 0.717) is 65.4 Å². The third-order valence-corrected chi connectivity index (χ3v) is 15.2. The number of hydrogen-bond acceptors (Lipinski definition) is 11. The lowest BCUT2D eigenvalue weighted by atomic mass is 9.80. The highest BCUT2D eigenvalue weighted by Crippen LogP contribution is 2.59. The van der Waals surface area contributed by atoms with Gasteiger partial charge in [0.2, 0.25) is 0 Å². The second kappa shape index (κ2) is 20.3. The first kappa shape index (κ1) is 42.1. The maximum absolute atomic E-state index is 13.5. The Kier molecular flexibility index (Phi) is 15.3. The first-order valence-corrected chi connectivity index (χ1v) is 22.7. The Labute approximate surface area is 340 Å². The van der Waals surface area contributed by atoms with Gasteiger partial charge in [-0.15, -0.1) is 0 Å². The van der Waals surface area contributed by atoms with Crippen LogP contribution in [0.4, 0.5) is 0 Å². The molecule has 0 radical (unpaired) electrons. The molecule has 6 rings (SSSR count). The summed E-state index contributed by atoms with van der Waals surface area (Å²) in [6.07, 6.45) is 16.9. The van der Waals surface area contributed by atoms with Gasteiger partial charge in [-0.05, 0) is 127 Å². The van der Waals surface area contributed by atoms with Gasteiger partial charge in [0.15, 0.2) is 0 Å². The lowest BCUT2D eigenvalue weighted by molar-refractivity contribution is -0.159. The van der Waals surface area contributed by atoms with Gasteiger partial charge in [0.05, 0.1) is 50.3 Å². The van der Waals surface area contributed by atoms with E-state index in [4.69, 9.17) is 25.5 Å². The van der Waals surface area contributed by atoms with Crippen LogP contribution in [0.1, 0.15) is 142 Å². The van der Waals surface area contributed by atoms with E-state index in [9.17, 15) is 24.4 Å². The van der Waals surface area contributed by atoms with Gasteiger partial charge >= 0.3 is 23.9 Å². The number of fused-ring (bicyclic) bond motifs is 1. The van der Waals surface area contributed by atoms with Crippen LogP contribution in [-0.2, 0) is 28.7 Å². The van der Waals surface area contributed by atoms with Gasteiger partial charge in [-0.2, -0.15) is 0 Å². The quantitative estimate of drug-likeness (QED) is 0.0865. The number of allylic oxidation sites excluding steroid dienone is 1. The van der Waals surface area contributed by atoms with Gasteiger partial charge in [-0.3, -0.25) is 19.2 Å². The molecule has 5 aliphatic rings. The zero-order chi connectivity index (χ0) is 39.6. The smallest absolute Gasteiger partial charge is 0.314 e. The molecule has 12 heteroatoms. The van der Waals surface area contributed by atoms with Crippen molar-refractivity contribution in [2.75, 3.05) is 0 Å². The van der Waals surface area contributed by atoms with Crippen LogP contribution in [0.2, 0.25) is 0 Å². The summed E-state index contributed by atoms with van der Waals surface area (Å²) in [4.78, 5) is 57.2. The van der Waals surface area contributed by atoms with E-state index in [-0.39, 0.29) is 77.0 Å². The highest BCUT2D eigenvalue weighted by atomic mass is 32.2. The Morgan fingerprint density at radius 3 is 1.32 bits per heavy atom. The maximum atomic E-state index is 13.5. The fourth-order valence-electron chi connectivity index (χ4n) is 9.23. The van der Waals surface area contributed by atoms with Crippen LogP contribution in [-0.4, -0.2) is 36.1 Å². The molecule has 0 unspecified atom stereocenters. The Morgan fingerprint density at radius 2 is 0.982 bits per heavy atom. The van der Waals surface area contributed by atoms with Crippen LogP contribution in [0.15, 0.2) is 31.9 Å². The summed E-state index contributed by atoms with van der Waals surface area (Å²) in [6, 6.07) is 5.15. The van der Waals surface area contributed by atoms with E-state index in [1.165, 1.54) is 25.7 Å². The molecule has 0 N–H and O–H groups in total. The predicted molar refractivity (Wildman–Crippen MR) is 213 cm³/mol. The number of rotatable bonds is 12. The number of ether oxygens (including phenoxy) is 4. The lowest BCUT2D eigenvalue weighted by Gasteiger charge is -2.31. The third-order valence-electron chi connectivity index (χ3n) is 12.6. The van der Waals surface area contributed by atoms with Gasteiger partial charge in [0.1, 0.15) is 23.7 Å². The molecule has 56 heavy (non-hydrogen) atoms. The summed E-state index contributed by atoms with van der Waals surface area (Å²) in [6.45, 7) is 11.9. The molecule has 1 aromatic carbocycles. The Balaban J connectivity index is 1.01. The average molecular weight is 805 g/mol. The van der Waals surface area contributed by atoms with E-state index in [2.05, 4.69) is 18.7 Å². The third kappa shape index (κ3) is 10.7. The summed E-state index contributed by atoms with van der Waals surface area (Å²) in [5, 5.41) is 9.61. The largest absolute Gasteiger partial charge is 0.462 e. The summed E-state index contributed by atoms with van der Waals surface area (Å²) in [5.74, 6) is 0.292. The van der Waals surface area contributed by atoms with Gasteiger partial charge in [0.25, 0.3) is 5.70 Å². The minimum atomic E-state index is -0.383. The molecular formula is C44H56N2O8S2. The molecule has 1 heterocycles. The fraction of sp³-hybridized carbons (Fsp3) is 0.682. The molecule has 0 saturated heterocycles. The topological polar surface area (TPSA) is 133 Å². The van der Waals surface area contributed by atoms with Crippen LogP contribution >= 0.6 is 23.5 Å². The number of carbonyl (C=O) groups is 4. The van der Waals surface area contributed by atoms with Gasteiger partial charge in [0, 0.05) is 0 Å². The predicted octanol–water partition coefficient (Wildman–Crippen LogP) is 10.7. The highest BCUT2D eigenvalue weighted by Gasteiger charge is 2.37. The summed E-state index contributed by atoms with van der Waals surface area (Å²) in [5.41, 5.74) is -0.0884. The molecule has 0 spiro atoms. The number of benzene rings is 1. The van der Waals surface area contributed by atoms with Crippen molar-refractivity contribution in [1.29, 1.82) is 5.26 Å².